The first kappa shape index (κ1) is 24.2. The van der Waals surface area contributed by atoms with Crippen molar-refractivity contribution in [2.45, 2.75) is 97.4 Å². The van der Waals surface area contributed by atoms with E-state index in [0.29, 0.717) is 5.12 Å². The number of hydrogen-bond donors (Lipinski definition) is 0. The molecule has 0 aliphatic rings. The van der Waals surface area contributed by atoms with Gasteiger partial charge in [0.15, 0.2) is 5.12 Å². The molecular weight excluding hydrogens is 336 g/mol. The minimum atomic E-state index is -1.52. The summed E-state index contributed by atoms with van der Waals surface area (Å²) in [5, 5.41) is 0.364. The lowest BCUT2D eigenvalue weighted by atomic mass is 10.1. The minimum Gasteiger partial charge on any atom is -0.397 e. The van der Waals surface area contributed by atoms with Gasteiger partial charge in [0.2, 0.25) is 0 Å². The zero-order valence-electron chi connectivity index (χ0n) is 16.3. The quantitative estimate of drug-likeness (QED) is 0.222. The zero-order valence-corrected chi connectivity index (χ0v) is 18.3. The van der Waals surface area contributed by atoms with Gasteiger partial charge in [-0.15, -0.1) is 0 Å². The van der Waals surface area contributed by atoms with Crippen LogP contribution in [0.25, 0.3) is 0 Å². The zero-order chi connectivity index (χ0) is 17.9. The van der Waals surface area contributed by atoms with Gasteiger partial charge in [-0.05, 0) is 31.7 Å². The highest BCUT2D eigenvalue weighted by atomic mass is 32.2. The monoisotopic (exact) mass is 376 g/mol. The summed E-state index contributed by atoms with van der Waals surface area (Å²) in [7, 11) is -1.52. The summed E-state index contributed by atoms with van der Waals surface area (Å²) in [6, 6.07) is 1.03. The van der Waals surface area contributed by atoms with Crippen LogP contribution in [0.5, 0.6) is 0 Å². The second-order valence-corrected chi connectivity index (χ2v) is 9.66. The van der Waals surface area contributed by atoms with Crippen LogP contribution in [-0.2, 0) is 13.6 Å². The van der Waals surface area contributed by atoms with E-state index in [0.717, 1.165) is 57.1 Å². The van der Waals surface area contributed by atoms with E-state index in [4.69, 9.17) is 8.85 Å². The molecule has 0 aromatic carbocycles. The maximum atomic E-state index is 11.9. The highest BCUT2D eigenvalue weighted by Gasteiger charge is 2.13. The molecule has 0 spiro atoms. The van der Waals surface area contributed by atoms with Crippen LogP contribution >= 0.6 is 11.8 Å². The highest BCUT2D eigenvalue weighted by Crippen LogP contribution is 2.15. The van der Waals surface area contributed by atoms with E-state index in [1.807, 2.05) is 0 Å². The highest BCUT2D eigenvalue weighted by molar-refractivity contribution is 8.13. The standard InChI is InChI=1S/C19H40O3SSi/c1-4-7-10-11-12-14-19(20)23-17-13-18-24(21-15-8-5-2)22-16-9-6-3/h24H,4-18H2,1-3H3. The number of hydrogen-bond acceptors (Lipinski definition) is 4. The molecule has 3 nitrogen and oxygen atoms in total. The fourth-order valence-corrected chi connectivity index (χ4v) is 5.26. The molecular formula is C19H40O3SSi. The first-order chi connectivity index (χ1) is 11.7. The van der Waals surface area contributed by atoms with Crippen LogP contribution in [-0.4, -0.2) is 33.4 Å². The van der Waals surface area contributed by atoms with Crippen molar-refractivity contribution in [3.8, 4) is 0 Å². The summed E-state index contributed by atoms with van der Waals surface area (Å²) < 4.78 is 11.9. The van der Waals surface area contributed by atoms with E-state index in [1.165, 1.54) is 50.3 Å². The van der Waals surface area contributed by atoms with E-state index < -0.39 is 9.28 Å². The molecule has 24 heavy (non-hydrogen) atoms. The van der Waals surface area contributed by atoms with Gasteiger partial charge in [-0.3, -0.25) is 4.79 Å². The predicted octanol–water partition coefficient (Wildman–Crippen LogP) is 5.85. The molecule has 0 fully saturated rings. The van der Waals surface area contributed by atoms with Crippen molar-refractivity contribution in [1.29, 1.82) is 0 Å². The molecule has 0 heterocycles. The summed E-state index contributed by atoms with van der Waals surface area (Å²) >= 11 is 1.51. The Morgan fingerprint density at radius 3 is 1.96 bits per heavy atom. The summed E-state index contributed by atoms with van der Waals surface area (Å²) in [4.78, 5) is 11.9. The maximum Gasteiger partial charge on any atom is 0.321 e. The minimum absolute atomic E-state index is 0.364. The van der Waals surface area contributed by atoms with E-state index in [9.17, 15) is 4.79 Å². The van der Waals surface area contributed by atoms with Crippen LogP contribution in [0.1, 0.15) is 91.4 Å². The molecule has 0 amide bonds. The van der Waals surface area contributed by atoms with Gasteiger partial charge < -0.3 is 8.85 Å². The molecule has 144 valence electrons. The molecule has 0 aliphatic carbocycles. The predicted molar refractivity (Wildman–Crippen MR) is 109 cm³/mol. The molecule has 0 radical (unpaired) electrons. The first-order valence-electron chi connectivity index (χ1n) is 10.1. The van der Waals surface area contributed by atoms with E-state index >= 15 is 0 Å². The van der Waals surface area contributed by atoms with Crippen molar-refractivity contribution in [2.24, 2.45) is 0 Å². The Labute approximate surface area is 156 Å². The molecule has 0 saturated carbocycles. The molecule has 0 saturated heterocycles. The van der Waals surface area contributed by atoms with E-state index in [1.54, 1.807) is 0 Å². The Morgan fingerprint density at radius 1 is 0.792 bits per heavy atom. The summed E-state index contributed by atoms with van der Waals surface area (Å²) in [5.74, 6) is 0.922. The second kappa shape index (κ2) is 19.5. The largest absolute Gasteiger partial charge is 0.397 e. The van der Waals surface area contributed by atoms with Gasteiger partial charge in [0.05, 0.1) is 0 Å². The van der Waals surface area contributed by atoms with Gasteiger partial charge in [-0.2, -0.15) is 0 Å². The first-order valence-corrected chi connectivity index (χ1v) is 12.9. The fraction of sp³-hybridized carbons (Fsp3) is 0.947. The average Bonchev–Trinajstić information content (AvgIpc) is 2.58. The van der Waals surface area contributed by atoms with Gasteiger partial charge in [0.1, 0.15) is 0 Å². The average molecular weight is 377 g/mol. The fourth-order valence-electron chi connectivity index (χ4n) is 2.31. The lowest BCUT2D eigenvalue weighted by molar-refractivity contribution is -0.111. The molecule has 5 heteroatoms. The van der Waals surface area contributed by atoms with Crippen LogP contribution in [0, 0.1) is 0 Å². The number of unbranched alkanes of at least 4 members (excludes halogenated alkanes) is 6. The lowest BCUT2D eigenvalue weighted by Gasteiger charge is -2.16. The van der Waals surface area contributed by atoms with Crippen molar-refractivity contribution >= 4 is 26.2 Å². The number of carbonyl (C=O) groups is 1. The van der Waals surface area contributed by atoms with Crippen LogP contribution in [0.4, 0.5) is 0 Å². The molecule has 0 aromatic rings. The van der Waals surface area contributed by atoms with Crippen molar-refractivity contribution in [3.05, 3.63) is 0 Å². The lowest BCUT2D eigenvalue weighted by Crippen LogP contribution is -2.24. The third-order valence-corrected chi connectivity index (χ3v) is 7.05. The molecule has 0 N–H and O–H groups in total. The summed E-state index contributed by atoms with van der Waals surface area (Å²) in [6.07, 6.45) is 12.4. The normalized spacial score (nSPS) is 11.3. The van der Waals surface area contributed by atoms with Crippen molar-refractivity contribution in [1.82, 2.24) is 0 Å². The van der Waals surface area contributed by atoms with Gasteiger partial charge >= 0.3 is 9.28 Å². The second-order valence-electron chi connectivity index (χ2n) is 6.41. The van der Waals surface area contributed by atoms with Gasteiger partial charge in [0.25, 0.3) is 0 Å². The van der Waals surface area contributed by atoms with Gasteiger partial charge in [-0.1, -0.05) is 71.1 Å². The van der Waals surface area contributed by atoms with Gasteiger partial charge in [0, 0.05) is 25.4 Å². The number of thioether (sulfide) groups is 1. The molecule has 0 atom stereocenters. The molecule has 0 aromatic heterocycles. The Balaban J connectivity index is 3.69. The summed E-state index contributed by atoms with van der Waals surface area (Å²) in [5.41, 5.74) is 0. The molecule has 0 unspecified atom stereocenters. The topological polar surface area (TPSA) is 35.5 Å². The van der Waals surface area contributed by atoms with Crippen LogP contribution in [0.3, 0.4) is 0 Å². The Morgan fingerprint density at radius 2 is 1.38 bits per heavy atom. The van der Waals surface area contributed by atoms with Crippen LogP contribution < -0.4 is 0 Å². The molecule has 0 rings (SSSR count). The van der Waals surface area contributed by atoms with Crippen LogP contribution in [0.15, 0.2) is 0 Å². The number of rotatable bonds is 18. The van der Waals surface area contributed by atoms with Crippen molar-refractivity contribution < 1.29 is 13.6 Å². The summed E-state index contributed by atoms with van der Waals surface area (Å²) in [6.45, 7) is 8.26. The maximum absolute atomic E-state index is 11.9. The third-order valence-electron chi connectivity index (χ3n) is 3.93. The van der Waals surface area contributed by atoms with Crippen molar-refractivity contribution in [2.75, 3.05) is 19.0 Å². The smallest absolute Gasteiger partial charge is 0.321 e. The Bertz CT molecular complexity index is 267. The molecule has 0 bridgehead atoms. The van der Waals surface area contributed by atoms with E-state index in [2.05, 4.69) is 20.8 Å². The third kappa shape index (κ3) is 17.0. The Kier molecular flexibility index (Phi) is 19.6. The van der Waals surface area contributed by atoms with Crippen LogP contribution in [0.2, 0.25) is 6.04 Å². The molecule has 0 aliphatic heterocycles. The van der Waals surface area contributed by atoms with Gasteiger partial charge in [-0.25, -0.2) is 0 Å². The Hall–Kier alpha value is 0.157. The van der Waals surface area contributed by atoms with E-state index in [-0.39, 0.29) is 0 Å². The van der Waals surface area contributed by atoms with Crippen molar-refractivity contribution in [3.63, 3.8) is 0 Å². The number of carbonyl (C=O) groups excluding carboxylic acids is 1. The SMILES string of the molecule is CCCCCCCC(=O)SCCC[SiH](OCCCC)OCCCC.